The number of aryl methyl sites for hydroxylation is 1. The lowest BCUT2D eigenvalue weighted by atomic mass is 10.4. The van der Waals surface area contributed by atoms with E-state index in [0.717, 1.165) is 6.42 Å². The van der Waals surface area contributed by atoms with Crippen molar-refractivity contribution in [3.63, 3.8) is 0 Å². The molecule has 2 aromatic rings. The van der Waals surface area contributed by atoms with Crippen LogP contribution in [0.15, 0.2) is 41.7 Å². The zero-order valence-electron chi connectivity index (χ0n) is 9.13. The van der Waals surface area contributed by atoms with Gasteiger partial charge in [-0.25, -0.2) is 4.98 Å². The molecule has 0 saturated heterocycles. The van der Waals surface area contributed by atoms with E-state index in [2.05, 4.69) is 10.4 Å². The van der Waals surface area contributed by atoms with Gasteiger partial charge in [0.2, 0.25) is 5.82 Å². The second-order valence-electron chi connectivity index (χ2n) is 3.48. The largest absolute Gasteiger partial charge is 0.311 e. The van der Waals surface area contributed by atoms with Crippen LogP contribution in [0.3, 0.4) is 0 Å². The summed E-state index contributed by atoms with van der Waals surface area (Å²) >= 11 is 0. The highest BCUT2D eigenvalue weighted by Crippen LogP contribution is 1.96. The molecule has 0 bridgehead atoms. The molecule has 0 saturated carbocycles. The molecule has 0 fully saturated rings. The van der Waals surface area contributed by atoms with Crippen LogP contribution < -0.4 is 11.0 Å². The maximum Gasteiger partial charge on any atom is 0.295 e. The zero-order valence-corrected chi connectivity index (χ0v) is 9.13. The molecule has 2 aromatic heterocycles. The van der Waals surface area contributed by atoms with Crippen molar-refractivity contribution in [2.45, 2.75) is 19.9 Å². The Morgan fingerprint density at radius 3 is 2.75 bits per heavy atom. The molecule has 2 heterocycles. The lowest BCUT2D eigenvalue weighted by molar-refractivity contribution is 0.648. The molecule has 0 aliphatic rings. The molecule has 1 N–H and O–H groups in total. The van der Waals surface area contributed by atoms with Gasteiger partial charge in [-0.3, -0.25) is 14.9 Å². The molecule has 16 heavy (non-hydrogen) atoms. The van der Waals surface area contributed by atoms with E-state index in [1.807, 2.05) is 31.5 Å². The molecule has 0 aliphatic heterocycles. The van der Waals surface area contributed by atoms with E-state index in [0.29, 0.717) is 12.4 Å². The van der Waals surface area contributed by atoms with Crippen molar-refractivity contribution < 1.29 is 0 Å². The second kappa shape index (κ2) is 4.65. The van der Waals surface area contributed by atoms with Crippen LogP contribution in [0, 0.1) is 0 Å². The molecule has 5 heteroatoms. The maximum atomic E-state index is 11.9. The molecule has 0 unspecified atom stereocenters. The molecule has 0 atom stereocenters. The zero-order chi connectivity index (χ0) is 11.4. The summed E-state index contributed by atoms with van der Waals surface area (Å²) in [5.41, 5.74) is 2.82. The van der Waals surface area contributed by atoms with Gasteiger partial charge in [0, 0.05) is 31.3 Å². The number of hydrogen-bond donors (Lipinski definition) is 1. The average molecular weight is 218 g/mol. The first-order valence-electron chi connectivity index (χ1n) is 5.26. The highest BCUT2D eigenvalue weighted by atomic mass is 16.1. The number of hydrogen-bond acceptors (Lipinski definition) is 3. The number of nitrogens with zero attached hydrogens (tertiary/aromatic N) is 3. The van der Waals surface area contributed by atoms with Gasteiger partial charge >= 0.3 is 0 Å². The van der Waals surface area contributed by atoms with Crippen molar-refractivity contribution >= 4 is 5.82 Å². The Hall–Kier alpha value is -2.04. The van der Waals surface area contributed by atoms with Gasteiger partial charge in [-0.05, 0) is 18.6 Å². The van der Waals surface area contributed by atoms with Crippen molar-refractivity contribution in [3.8, 4) is 0 Å². The molecular weight excluding hydrogens is 204 g/mol. The minimum Gasteiger partial charge on any atom is -0.311 e. The lowest BCUT2D eigenvalue weighted by Crippen LogP contribution is -2.25. The minimum absolute atomic E-state index is 0.0990. The molecule has 5 nitrogen and oxygen atoms in total. The quantitative estimate of drug-likeness (QED) is 0.842. The summed E-state index contributed by atoms with van der Waals surface area (Å²) < 4.78 is 3.35. The summed E-state index contributed by atoms with van der Waals surface area (Å²) in [6, 6.07) is 3.75. The third kappa shape index (κ3) is 2.13. The van der Waals surface area contributed by atoms with Crippen LogP contribution in [0.4, 0.5) is 5.82 Å². The van der Waals surface area contributed by atoms with Crippen LogP contribution in [-0.2, 0) is 6.54 Å². The van der Waals surface area contributed by atoms with Crippen LogP contribution in [0.2, 0.25) is 0 Å². The number of aromatic nitrogens is 3. The van der Waals surface area contributed by atoms with Gasteiger partial charge in [0.1, 0.15) is 0 Å². The standard InChI is InChI=1S/C11H14N4O/c1-2-6-14-9-5-12-10(11(14)16)13-15-7-3-4-8-15/h3-5,7-9H,2,6H2,1H3,(H,12,13). The highest BCUT2D eigenvalue weighted by Gasteiger charge is 2.03. The lowest BCUT2D eigenvalue weighted by Gasteiger charge is -2.08. The summed E-state index contributed by atoms with van der Waals surface area (Å²) in [6.45, 7) is 2.74. The van der Waals surface area contributed by atoms with Gasteiger partial charge in [0.05, 0.1) is 0 Å². The molecule has 2 rings (SSSR count). The normalized spacial score (nSPS) is 10.3. The summed E-state index contributed by atoms with van der Waals surface area (Å²) in [5, 5.41) is 0. The molecule has 0 aromatic carbocycles. The molecule has 84 valence electrons. The Morgan fingerprint density at radius 2 is 2.06 bits per heavy atom. The first kappa shape index (κ1) is 10.5. The van der Waals surface area contributed by atoms with Crippen LogP contribution in [0.1, 0.15) is 13.3 Å². The van der Waals surface area contributed by atoms with E-state index >= 15 is 0 Å². The number of nitrogens with one attached hydrogen (secondary N) is 1. The Balaban J connectivity index is 2.28. The van der Waals surface area contributed by atoms with Crippen LogP contribution in [-0.4, -0.2) is 14.2 Å². The summed E-state index contributed by atoms with van der Waals surface area (Å²) in [4.78, 5) is 15.9. The van der Waals surface area contributed by atoms with Crippen LogP contribution in [0.25, 0.3) is 0 Å². The Labute approximate surface area is 93.3 Å². The van der Waals surface area contributed by atoms with Crippen molar-refractivity contribution in [3.05, 3.63) is 47.3 Å². The van der Waals surface area contributed by atoms with E-state index in [-0.39, 0.29) is 5.56 Å². The first-order valence-corrected chi connectivity index (χ1v) is 5.26. The molecule has 0 aliphatic carbocycles. The predicted octanol–water partition coefficient (Wildman–Crippen LogP) is 1.33. The van der Waals surface area contributed by atoms with Gasteiger partial charge in [0.15, 0.2) is 0 Å². The van der Waals surface area contributed by atoms with Crippen molar-refractivity contribution in [2.75, 3.05) is 5.43 Å². The molecule has 0 spiro atoms. The summed E-state index contributed by atoms with van der Waals surface area (Å²) in [7, 11) is 0. The fourth-order valence-electron chi connectivity index (χ4n) is 1.47. The number of rotatable bonds is 4. The van der Waals surface area contributed by atoms with Gasteiger partial charge in [-0.1, -0.05) is 6.92 Å². The Kier molecular flexibility index (Phi) is 3.05. The molecule has 0 radical (unpaired) electrons. The van der Waals surface area contributed by atoms with Gasteiger partial charge < -0.3 is 4.57 Å². The highest BCUT2D eigenvalue weighted by molar-refractivity contribution is 5.30. The van der Waals surface area contributed by atoms with E-state index < -0.39 is 0 Å². The third-order valence-corrected chi connectivity index (χ3v) is 2.22. The average Bonchev–Trinajstić information content (AvgIpc) is 2.77. The smallest absolute Gasteiger partial charge is 0.295 e. The summed E-state index contributed by atoms with van der Waals surface area (Å²) in [6.07, 6.45) is 7.89. The monoisotopic (exact) mass is 218 g/mol. The maximum absolute atomic E-state index is 11.9. The van der Waals surface area contributed by atoms with Gasteiger partial charge in [-0.2, -0.15) is 0 Å². The van der Waals surface area contributed by atoms with Gasteiger partial charge in [-0.15, -0.1) is 0 Å². The third-order valence-electron chi connectivity index (χ3n) is 2.22. The fraction of sp³-hybridized carbons (Fsp3) is 0.273. The Bertz CT molecular complexity index is 501. The summed E-state index contributed by atoms with van der Waals surface area (Å²) in [5.74, 6) is 0.340. The van der Waals surface area contributed by atoms with E-state index in [9.17, 15) is 4.79 Å². The minimum atomic E-state index is -0.0990. The van der Waals surface area contributed by atoms with Crippen molar-refractivity contribution in [1.82, 2.24) is 14.2 Å². The number of anilines is 1. The van der Waals surface area contributed by atoms with Crippen molar-refractivity contribution in [1.29, 1.82) is 0 Å². The Morgan fingerprint density at radius 1 is 1.31 bits per heavy atom. The molecular formula is C11H14N4O. The second-order valence-corrected chi connectivity index (χ2v) is 3.48. The van der Waals surface area contributed by atoms with Gasteiger partial charge in [0.25, 0.3) is 5.56 Å². The SMILES string of the molecule is CCCn1ccnc(Nn2cccc2)c1=O. The molecule has 0 amide bonds. The van der Waals surface area contributed by atoms with E-state index in [1.54, 1.807) is 21.6 Å². The van der Waals surface area contributed by atoms with Crippen LogP contribution >= 0.6 is 0 Å². The first-order chi connectivity index (χ1) is 7.81. The van der Waals surface area contributed by atoms with Crippen LogP contribution in [0.5, 0.6) is 0 Å². The van der Waals surface area contributed by atoms with Crippen molar-refractivity contribution in [2.24, 2.45) is 0 Å². The topological polar surface area (TPSA) is 51.9 Å². The fourth-order valence-corrected chi connectivity index (χ4v) is 1.47. The predicted molar refractivity (Wildman–Crippen MR) is 62.2 cm³/mol. The van der Waals surface area contributed by atoms with E-state index in [1.165, 1.54) is 0 Å². The van der Waals surface area contributed by atoms with E-state index in [4.69, 9.17) is 0 Å².